The van der Waals surface area contributed by atoms with Crippen molar-refractivity contribution in [3.05, 3.63) is 29.8 Å². The van der Waals surface area contributed by atoms with Gasteiger partial charge in [-0.1, -0.05) is 13.8 Å². The van der Waals surface area contributed by atoms with E-state index in [9.17, 15) is 9.59 Å². The molecule has 1 saturated carbocycles. The van der Waals surface area contributed by atoms with Crippen LogP contribution < -0.4 is 10.6 Å². The highest BCUT2D eigenvalue weighted by atomic mass is 16.2. The largest absolute Gasteiger partial charge is 0.351 e. The van der Waals surface area contributed by atoms with Crippen molar-refractivity contribution >= 4 is 17.5 Å². The van der Waals surface area contributed by atoms with Gasteiger partial charge in [0.05, 0.1) is 0 Å². The van der Waals surface area contributed by atoms with Gasteiger partial charge in [0.1, 0.15) is 0 Å². The zero-order valence-electron chi connectivity index (χ0n) is 14.5. The van der Waals surface area contributed by atoms with Crippen molar-refractivity contribution in [2.75, 3.05) is 32.5 Å². The number of carbonyl (C=O) groups excluding carboxylic acids is 2. The lowest BCUT2D eigenvalue weighted by molar-refractivity contribution is -0.117. The second-order valence-electron chi connectivity index (χ2n) is 7.43. The molecule has 0 aliphatic heterocycles. The van der Waals surface area contributed by atoms with Crippen LogP contribution in [0.2, 0.25) is 0 Å². The maximum absolute atomic E-state index is 12.2. The number of nitrogens with one attached hydrogen (secondary N) is 2. The summed E-state index contributed by atoms with van der Waals surface area (Å²) in [6, 6.07) is 7.05. The van der Waals surface area contributed by atoms with Crippen LogP contribution in [-0.4, -0.2) is 43.9 Å². The first kappa shape index (κ1) is 17.5. The molecule has 2 amide bonds. The Kier molecular flexibility index (Phi) is 5.42. The Labute approximate surface area is 138 Å². The number of rotatable bonds is 7. The lowest BCUT2D eigenvalue weighted by Gasteiger charge is -2.28. The van der Waals surface area contributed by atoms with Crippen molar-refractivity contribution in [2.24, 2.45) is 11.3 Å². The summed E-state index contributed by atoms with van der Waals surface area (Å²) >= 11 is 0. The molecule has 2 rings (SSSR count). The van der Waals surface area contributed by atoms with Gasteiger partial charge in [-0.3, -0.25) is 9.59 Å². The zero-order valence-corrected chi connectivity index (χ0v) is 14.5. The smallest absolute Gasteiger partial charge is 0.251 e. The molecule has 23 heavy (non-hydrogen) atoms. The Balaban J connectivity index is 1.86. The summed E-state index contributed by atoms with van der Waals surface area (Å²) in [6.07, 6.45) is 1.96. The summed E-state index contributed by atoms with van der Waals surface area (Å²) in [5, 5.41) is 5.85. The molecule has 1 fully saturated rings. The van der Waals surface area contributed by atoms with Crippen molar-refractivity contribution in [3.63, 3.8) is 0 Å². The summed E-state index contributed by atoms with van der Waals surface area (Å²) in [7, 11) is 4.05. The van der Waals surface area contributed by atoms with Crippen molar-refractivity contribution in [2.45, 2.75) is 26.7 Å². The number of anilines is 1. The van der Waals surface area contributed by atoms with E-state index in [-0.39, 0.29) is 23.1 Å². The standard InChI is InChI=1S/C18H27N3O2/c1-18(2,12-21(3)4)11-19-16(22)13-7-9-15(10-8-13)20-17(23)14-5-6-14/h7-10,14H,5-6,11-12H2,1-4H3,(H,19,22)(H,20,23). The monoisotopic (exact) mass is 317 g/mol. The van der Waals surface area contributed by atoms with Crippen LogP contribution in [0.1, 0.15) is 37.0 Å². The maximum Gasteiger partial charge on any atom is 0.251 e. The molecule has 0 saturated heterocycles. The van der Waals surface area contributed by atoms with Crippen molar-refractivity contribution < 1.29 is 9.59 Å². The van der Waals surface area contributed by atoms with Gasteiger partial charge < -0.3 is 15.5 Å². The fourth-order valence-corrected chi connectivity index (χ4v) is 2.63. The molecule has 0 heterocycles. The fourth-order valence-electron chi connectivity index (χ4n) is 2.63. The topological polar surface area (TPSA) is 61.4 Å². The normalized spacial score (nSPS) is 14.7. The molecule has 5 heteroatoms. The lowest BCUT2D eigenvalue weighted by atomic mass is 9.93. The van der Waals surface area contributed by atoms with E-state index in [1.54, 1.807) is 24.3 Å². The van der Waals surface area contributed by atoms with Gasteiger partial charge in [-0.05, 0) is 56.6 Å². The van der Waals surface area contributed by atoms with Crippen LogP contribution in [0.15, 0.2) is 24.3 Å². The molecular formula is C18H27N3O2. The summed E-state index contributed by atoms with van der Waals surface area (Å²) in [6.45, 7) is 5.77. The second-order valence-corrected chi connectivity index (χ2v) is 7.43. The van der Waals surface area contributed by atoms with Gasteiger partial charge >= 0.3 is 0 Å². The first-order valence-corrected chi connectivity index (χ1v) is 8.11. The zero-order chi connectivity index (χ0) is 17.0. The molecular weight excluding hydrogens is 290 g/mol. The molecule has 0 aromatic heterocycles. The first-order chi connectivity index (χ1) is 10.8. The Morgan fingerprint density at radius 3 is 2.30 bits per heavy atom. The number of nitrogens with zero attached hydrogens (tertiary/aromatic N) is 1. The van der Waals surface area contributed by atoms with E-state index < -0.39 is 0 Å². The van der Waals surface area contributed by atoms with E-state index in [1.807, 2.05) is 14.1 Å². The summed E-state index contributed by atoms with van der Waals surface area (Å²) in [4.78, 5) is 26.0. The summed E-state index contributed by atoms with van der Waals surface area (Å²) < 4.78 is 0. The van der Waals surface area contributed by atoms with Crippen LogP contribution in [0.4, 0.5) is 5.69 Å². The van der Waals surface area contributed by atoms with Gasteiger partial charge in [-0.15, -0.1) is 0 Å². The van der Waals surface area contributed by atoms with E-state index in [4.69, 9.17) is 0 Å². The predicted molar refractivity (Wildman–Crippen MR) is 92.5 cm³/mol. The molecule has 5 nitrogen and oxygen atoms in total. The van der Waals surface area contributed by atoms with Gasteiger partial charge in [0.25, 0.3) is 5.91 Å². The number of amides is 2. The van der Waals surface area contributed by atoms with Crippen molar-refractivity contribution in [1.82, 2.24) is 10.2 Å². The van der Waals surface area contributed by atoms with Crippen LogP contribution in [-0.2, 0) is 4.79 Å². The van der Waals surface area contributed by atoms with Gasteiger partial charge in [-0.2, -0.15) is 0 Å². The molecule has 1 aliphatic carbocycles. The molecule has 0 bridgehead atoms. The average molecular weight is 317 g/mol. The van der Waals surface area contributed by atoms with Gasteiger partial charge in [0.2, 0.25) is 5.91 Å². The maximum atomic E-state index is 12.2. The molecule has 0 unspecified atom stereocenters. The SMILES string of the molecule is CN(C)CC(C)(C)CNC(=O)c1ccc(NC(=O)C2CC2)cc1. The average Bonchev–Trinajstić information content (AvgIpc) is 3.29. The first-order valence-electron chi connectivity index (χ1n) is 8.11. The molecule has 1 aromatic rings. The quantitative estimate of drug-likeness (QED) is 0.811. The minimum absolute atomic E-state index is 0.0112. The van der Waals surface area contributed by atoms with E-state index in [0.717, 1.165) is 25.1 Å². The van der Waals surface area contributed by atoms with Crippen LogP contribution in [0.3, 0.4) is 0 Å². The molecule has 0 atom stereocenters. The van der Waals surface area contributed by atoms with Gasteiger partial charge in [-0.25, -0.2) is 0 Å². The highest BCUT2D eigenvalue weighted by molar-refractivity contribution is 5.96. The van der Waals surface area contributed by atoms with Crippen molar-refractivity contribution in [1.29, 1.82) is 0 Å². The number of hydrogen-bond acceptors (Lipinski definition) is 3. The molecule has 0 spiro atoms. The molecule has 1 aliphatic rings. The van der Waals surface area contributed by atoms with E-state index >= 15 is 0 Å². The third kappa shape index (κ3) is 5.67. The van der Waals surface area contributed by atoms with Crippen LogP contribution in [0.5, 0.6) is 0 Å². The Bertz CT molecular complexity index is 560. The third-order valence-electron chi connectivity index (χ3n) is 3.83. The second kappa shape index (κ2) is 7.13. The van der Waals surface area contributed by atoms with E-state index in [2.05, 4.69) is 29.4 Å². The molecule has 0 radical (unpaired) electrons. The van der Waals surface area contributed by atoms with E-state index in [0.29, 0.717) is 12.1 Å². The van der Waals surface area contributed by atoms with Gasteiger partial charge in [0, 0.05) is 30.3 Å². The minimum Gasteiger partial charge on any atom is -0.351 e. The number of hydrogen-bond donors (Lipinski definition) is 2. The Morgan fingerprint density at radius 2 is 1.78 bits per heavy atom. The van der Waals surface area contributed by atoms with Crippen molar-refractivity contribution in [3.8, 4) is 0 Å². The predicted octanol–water partition coefficient (Wildman–Crippen LogP) is 2.35. The number of benzene rings is 1. The molecule has 2 N–H and O–H groups in total. The lowest BCUT2D eigenvalue weighted by Crippen LogP contribution is -2.39. The van der Waals surface area contributed by atoms with E-state index in [1.165, 1.54) is 0 Å². The number of carbonyl (C=O) groups is 2. The van der Waals surface area contributed by atoms with Gasteiger partial charge in [0.15, 0.2) is 0 Å². The van der Waals surface area contributed by atoms with Crippen LogP contribution in [0, 0.1) is 11.3 Å². The fraction of sp³-hybridized carbons (Fsp3) is 0.556. The summed E-state index contributed by atoms with van der Waals surface area (Å²) in [5.41, 5.74) is 1.36. The molecule has 126 valence electrons. The van der Waals surface area contributed by atoms with Crippen LogP contribution in [0.25, 0.3) is 0 Å². The highest BCUT2D eigenvalue weighted by Gasteiger charge is 2.29. The Hall–Kier alpha value is -1.88. The third-order valence-corrected chi connectivity index (χ3v) is 3.83. The summed E-state index contributed by atoms with van der Waals surface area (Å²) in [5.74, 6) is 0.168. The highest BCUT2D eigenvalue weighted by Crippen LogP contribution is 2.30. The van der Waals surface area contributed by atoms with Crippen LogP contribution >= 0.6 is 0 Å². The Morgan fingerprint density at radius 1 is 1.17 bits per heavy atom. The minimum atomic E-state index is -0.0862. The molecule has 1 aromatic carbocycles.